The molecular weight excluding hydrogens is 416 g/mol. The van der Waals surface area contributed by atoms with Crippen molar-refractivity contribution >= 4 is 17.6 Å². The molecule has 2 aromatic carbocycles. The van der Waals surface area contributed by atoms with Crippen molar-refractivity contribution in [3.05, 3.63) is 77.9 Å². The van der Waals surface area contributed by atoms with E-state index >= 15 is 0 Å². The second-order valence-corrected chi connectivity index (χ2v) is 9.02. The number of aryl methyl sites for hydroxylation is 2. The lowest BCUT2D eigenvalue weighted by Crippen LogP contribution is -2.49. The third kappa shape index (κ3) is 4.20. The monoisotopic (exact) mass is 444 g/mol. The molecule has 5 rings (SSSR count). The van der Waals surface area contributed by atoms with Crippen molar-refractivity contribution < 1.29 is 9.59 Å². The van der Waals surface area contributed by atoms with Crippen LogP contribution in [-0.2, 0) is 17.8 Å². The van der Waals surface area contributed by atoms with E-state index in [0.717, 1.165) is 42.0 Å². The zero-order chi connectivity index (χ0) is 22.8. The number of likely N-dealkylation sites (tertiary alicyclic amines) is 1. The molecule has 1 spiro atoms. The van der Waals surface area contributed by atoms with Crippen LogP contribution < -0.4 is 10.6 Å². The lowest BCUT2D eigenvalue weighted by molar-refractivity contribution is -0.130. The summed E-state index contributed by atoms with van der Waals surface area (Å²) in [5.41, 5.74) is 2.65. The van der Waals surface area contributed by atoms with Crippen LogP contribution in [0.4, 0.5) is 10.5 Å². The maximum atomic E-state index is 13.2. The first kappa shape index (κ1) is 21.2. The summed E-state index contributed by atoms with van der Waals surface area (Å²) >= 11 is 0. The van der Waals surface area contributed by atoms with Gasteiger partial charge in [-0.1, -0.05) is 42.5 Å². The van der Waals surface area contributed by atoms with Gasteiger partial charge < -0.3 is 15.5 Å². The number of benzene rings is 2. The lowest BCUT2D eigenvalue weighted by Gasteiger charge is -2.40. The Balaban J connectivity index is 1.34. The predicted octanol–water partition coefficient (Wildman–Crippen LogP) is 3.31. The van der Waals surface area contributed by atoms with Crippen molar-refractivity contribution in [1.82, 2.24) is 25.0 Å². The van der Waals surface area contributed by atoms with Crippen LogP contribution >= 0.6 is 0 Å². The molecule has 0 radical (unpaired) electrons. The summed E-state index contributed by atoms with van der Waals surface area (Å²) < 4.78 is 1.86. The molecule has 33 heavy (non-hydrogen) atoms. The van der Waals surface area contributed by atoms with E-state index in [4.69, 9.17) is 0 Å². The minimum absolute atomic E-state index is 0.126. The van der Waals surface area contributed by atoms with Crippen molar-refractivity contribution in [2.45, 2.75) is 38.8 Å². The zero-order valence-corrected chi connectivity index (χ0v) is 18.7. The molecule has 3 aromatic rings. The minimum atomic E-state index is -0.325. The standard InChI is InChI=1S/C25H28N6O2/c1-18-7-5-6-8-19(18)15-21(32)30-13-11-25(16-30)12-14-31-23(26-17-27-31)22(25)29-24(33)28-20-9-3-2-4-10-20/h2-10,17,22H,11-16H2,1H3,(H2,28,29,33)/t22-,25+/m1/s1. The summed E-state index contributed by atoms with van der Waals surface area (Å²) in [6.45, 7) is 4.04. The second-order valence-electron chi connectivity index (χ2n) is 9.02. The third-order valence-corrected chi connectivity index (χ3v) is 6.99. The first-order valence-corrected chi connectivity index (χ1v) is 11.4. The smallest absolute Gasteiger partial charge is 0.319 e. The fourth-order valence-electron chi connectivity index (χ4n) is 5.08. The van der Waals surface area contributed by atoms with Gasteiger partial charge in [0.1, 0.15) is 12.2 Å². The average molecular weight is 445 g/mol. The van der Waals surface area contributed by atoms with Crippen molar-refractivity contribution in [2.24, 2.45) is 5.41 Å². The molecule has 3 heterocycles. The molecule has 0 saturated carbocycles. The number of carbonyl (C=O) groups excluding carboxylic acids is 2. The molecular formula is C25H28N6O2. The van der Waals surface area contributed by atoms with Crippen molar-refractivity contribution in [3.8, 4) is 0 Å². The number of urea groups is 1. The van der Waals surface area contributed by atoms with E-state index in [1.807, 2.05) is 71.1 Å². The van der Waals surface area contributed by atoms with E-state index in [-0.39, 0.29) is 23.4 Å². The number of hydrogen-bond acceptors (Lipinski definition) is 4. The number of aromatic nitrogens is 3. The van der Waals surface area contributed by atoms with Gasteiger partial charge in [-0.25, -0.2) is 14.5 Å². The molecule has 2 N–H and O–H groups in total. The summed E-state index contributed by atoms with van der Waals surface area (Å²) in [6.07, 6.45) is 3.57. The molecule has 1 saturated heterocycles. The Morgan fingerprint density at radius 1 is 1.06 bits per heavy atom. The van der Waals surface area contributed by atoms with Gasteiger partial charge in [-0.2, -0.15) is 5.10 Å². The van der Waals surface area contributed by atoms with Crippen LogP contribution in [0, 0.1) is 12.3 Å². The van der Waals surface area contributed by atoms with E-state index in [1.165, 1.54) is 6.33 Å². The van der Waals surface area contributed by atoms with E-state index in [0.29, 0.717) is 19.5 Å². The summed E-state index contributed by atoms with van der Waals surface area (Å²) in [6, 6.07) is 16.8. The molecule has 1 fully saturated rings. The Kier molecular flexibility index (Phi) is 5.58. The van der Waals surface area contributed by atoms with Crippen LogP contribution in [0.25, 0.3) is 0 Å². The van der Waals surface area contributed by atoms with Crippen LogP contribution in [0.3, 0.4) is 0 Å². The van der Waals surface area contributed by atoms with E-state index in [9.17, 15) is 9.59 Å². The molecule has 1 aromatic heterocycles. The normalized spacial score (nSPS) is 21.6. The molecule has 0 aliphatic carbocycles. The zero-order valence-electron chi connectivity index (χ0n) is 18.7. The van der Waals surface area contributed by atoms with Gasteiger partial charge in [-0.15, -0.1) is 0 Å². The number of amides is 3. The first-order chi connectivity index (χ1) is 16.0. The quantitative estimate of drug-likeness (QED) is 0.646. The third-order valence-electron chi connectivity index (χ3n) is 6.99. The highest BCUT2D eigenvalue weighted by molar-refractivity contribution is 5.89. The fourth-order valence-corrected chi connectivity index (χ4v) is 5.08. The van der Waals surface area contributed by atoms with Gasteiger partial charge in [0, 0.05) is 30.7 Å². The Bertz CT molecular complexity index is 1160. The molecule has 2 aliphatic rings. The Hall–Kier alpha value is -3.68. The summed E-state index contributed by atoms with van der Waals surface area (Å²) in [5, 5.41) is 10.4. The summed E-state index contributed by atoms with van der Waals surface area (Å²) in [4.78, 5) is 32.5. The van der Waals surface area contributed by atoms with Gasteiger partial charge >= 0.3 is 6.03 Å². The van der Waals surface area contributed by atoms with Crippen LogP contribution in [0.5, 0.6) is 0 Å². The Labute approximate surface area is 193 Å². The number of anilines is 1. The number of nitrogens with one attached hydrogen (secondary N) is 2. The minimum Gasteiger partial charge on any atom is -0.342 e. The Morgan fingerprint density at radius 2 is 1.82 bits per heavy atom. The molecule has 0 bridgehead atoms. The van der Waals surface area contributed by atoms with Gasteiger partial charge in [0.05, 0.1) is 12.5 Å². The van der Waals surface area contributed by atoms with Crippen molar-refractivity contribution in [3.63, 3.8) is 0 Å². The fraction of sp³-hybridized carbons (Fsp3) is 0.360. The number of rotatable bonds is 4. The maximum Gasteiger partial charge on any atom is 0.319 e. The van der Waals surface area contributed by atoms with Gasteiger partial charge in [0.2, 0.25) is 5.91 Å². The van der Waals surface area contributed by atoms with Crippen LogP contribution in [0.2, 0.25) is 0 Å². The number of carbonyl (C=O) groups is 2. The first-order valence-electron chi connectivity index (χ1n) is 11.4. The van der Waals surface area contributed by atoms with Crippen molar-refractivity contribution in [2.75, 3.05) is 18.4 Å². The number of hydrogen-bond donors (Lipinski definition) is 2. The molecule has 0 unspecified atom stereocenters. The predicted molar refractivity (Wildman–Crippen MR) is 124 cm³/mol. The van der Waals surface area contributed by atoms with Crippen LogP contribution in [0.1, 0.15) is 35.8 Å². The molecule has 2 atom stereocenters. The summed E-state index contributed by atoms with van der Waals surface area (Å²) in [5.74, 6) is 0.873. The van der Waals surface area contributed by atoms with E-state index in [1.54, 1.807) is 0 Å². The van der Waals surface area contributed by atoms with Crippen LogP contribution in [0.15, 0.2) is 60.9 Å². The average Bonchev–Trinajstić information content (AvgIpc) is 3.46. The van der Waals surface area contributed by atoms with E-state index < -0.39 is 0 Å². The molecule has 3 amide bonds. The molecule has 8 nitrogen and oxygen atoms in total. The highest BCUT2D eigenvalue weighted by atomic mass is 16.2. The second kappa shape index (κ2) is 8.69. The molecule has 8 heteroatoms. The Morgan fingerprint density at radius 3 is 2.64 bits per heavy atom. The lowest BCUT2D eigenvalue weighted by atomic mass is 9.74. The van der Waals surface area contributed by atoms with Gasteiger partial charge in [-0.05, 0) is 43.0 Å². The van der Waals surface area contributed by atoms with Gasteiger partial charge in [0.15, 0.2) is 0 Å². The highest BCUT2D eigenvalue weighted by Crippen LogP contribution is 2.47. The van der Waals surface area contributed by atoms with Crippen molar-refractivity contribution in [1.29, 1.82) is 0 Å². The SMILES string of the molecule is Cc1ccccc1CC(=O)N1CC[C@]2(CCn3ncnc3[C@H]2NC(=O)Nc2ccccc2)C1. The molecule has 2 aliphatic heterocycles. The number of nitrogens with zero attached hydrogens (tertiary/aromatic N) is 4. The highest BCUT2D eigenvalue weighted by Gasteiger charge is 2.50. The molecule has 170 valence electrons. The van der Waals surface area contributed by atoms with E-state index in [2.05, 4.69) is 20.7 Å². The van der Waals surface area contributed by atoms with Gasteiger partial charge in [0.25, 0.3) is 0 Å². The maximum absolute atomic E-state index is 13.2. The number of fused-ring (bicyclic) bond motifs is 1. The van der Waals surface area contributed by atoms with Crippen LogP contribution in [-0.4, -0.2) is 44.7 Å². The largest absolute Gasteiger partial charge is 0.342 e. The van der Waals surface area contributed by atoms with Gasteiger partial charge in [-0.3, -0.25) is 4.79 Å². The topological polar surface area (TPSA) is 92.2 Å². The summed E-state index contributed by atoms with van der Waals surface area (Å²) in [7, 11) is 0. The number of para-hydroxylation sites is 1.